The van der Waals surface area contributed by atoms with E-state index in [1.54, 1.807) is 0 Å². The summed E-state index contributed by atoms with van der Waals surface area (Å²) in [5.41, 5.74) is 0. The fraction of sp³-hybridized carbons (Fsp3) is 0.692. The molecule has 21 heavy (non-hydrogen) atoms. The van der Waals surface area contributed by atoms with Crippen molar-refractivity contribution in [3.8, 4) is 0 Å². The molecule has 1 unspecified atom stereocenters. The predicted octanol–water partition coefficient (Wildman–Crippen LogP) is -0.177. The van der Waals surface area contributed by atoms with E-state index in [0.29, 0.717) is 13.0 Å². The lowest BCUT2D eigenvalue weighted by molar-refractivity contribution is -0.143. The smallest absolute Gasteiger partial charge is 0.326 e. The summed E-state index contributed by atoms with van der Waals surface area (Å²) in [5, 5.41) is 19.8. The molecule has 118 valence electrons. The first kappa shape index (κ1) is 16.9. The molecule has 0 saturated carbocycles. The van der Waals surface area contributed by atoms with Crippen LogP contribution in [-0.2, 0) is 19.2 Å². The van der Waals surface area contributed by atoms with Crippen molar-refractivity contribution < 1.29 is 29.4 Å². The van der Waals surface area contributed by atoms with Crippen LogP contribution in [0.5, 0.6) is 0 Å². The van der Waals surface area contributed by atoms with Crippen LogP contribution < -0.4 is 5.32 Å². The van der Waals surface area contributed by atoms with Crippen LogP contribution >= 0.6 is 0 Å². The van der Waals surface area contributed by atoms with E-state index in [9.17, 15) is 19.2 Å². The maximum Gasteiger partial charge on any atom is 0.326 e. The minimum absolute atomic E-state index is 0.111. The van der Waals surface area contributed by atoms with E-state index < -0.39 is 23.9 Å². The minimum Gasteiger partial charge on any atom is -0.481 e. The van der Waals surface area contributed by atoms with Gasteiger partial charge in [-0.15, -0.1) is 0 Å². The normalized spacial score (nSPS) is 17.0. The van der Waals surface area contributed by atoms with Crippen molar-refractivity contribution in [1.82, 2.24) is 10.2 Å². The van der Waals surface area contributed by atoms with Gasteiger partial charge in [0.15, 0.2) is 0 Å². The third-order valence-corrected chi connectivity index (χ3v) is 3.29. The largest absolute Gasteiger partial charge is 0.481 e. The summed E-state index contributed by atoms with van der Waals surface area (Å²) in [6, 6.07) is -1.25. The van der Waals surface area contributed by atoms with E-state index >= 15 is 0 Å². The molecule has 1 saturated heterocycles. The minimum atomic E-state index is -1.29. The number of carboxylic acids is 2. The molecule has 1 fully saturated rings. The van der Waals surface area contributed by atoms with Crippen LogP contribution in [0.3, 0.4) is 0 Å². The molecule has 0 aromatic heterocycles. The van der Waals surface area contributed by atoms with Gasteiger partial charge in [-0.3, -0.25) is 14.4 Å². The van der Waals surface area contributed by atoms with Gasteiger partial charge in [0.1, 0.15) is 6.04 Å². The van der Waals surface area contributed by atoms with Crippen LogP contribution in [0.15, 0.2) is 0 Å². The van der Waals surface area contributed by atoms with E-state index in [2.05, 4.69) is 5.32 Å². The quantitative estimate of drug-likeness (QED) is 0.599. The Bertz CT molecular complexity index is 423. The second-order valence-electron chi connectivity index (χ2n) is 5.02. The highest BCUT2D eigenvalue weighted by Gasteiger charge is 2.24. The molecule has 3 N–H and O–H groups in total. The lowest BCUT2D eigenvalue weighted by atomic mass is 10.1. The summed E-state index contributed by atoms with van der Waals surface area (Å²) in [5.74, 6) is -3.10. The molecule has 0 aliphatic carbocycles. The summed E-state index contributed by atoms with van der Waals surface area (Å²) >= 11 is 0. The standard InChI is InChI=1S/C13H20N2O6/c16-10(8-15-7-3-1-2-4-11(15)17)14-9(13(20)21)5-6-12(18)19/h9H,1-8H2,(H,14,16)(H,18,19)(H,20,21). The Morgan fingerprint density at radius 3 is 2.52 bits per heavy atom. The van der Waals surface area contributed by atoms with E-state index in [4.69, 9.17) is 10.2 Å². The fourth-order valence-corrected chi connectivity index (χ4v) is 2.14. The topological polar surface area (TPSA) is 124 Å². The fourth-order valence-electron chi connectivity index (χ4n) is 2.14. The van der Waals surface area contributed by atoms with E-state index in [-0.39, 0.29) is 25.3 Å². The number of rotatable bonds is 7. The molecule has 8 nitrogen and oxygen atoms in total. The number of carbonyl (C=O) groups is 4. The second kappa shape index (κ2) is 8.23. The van der Waals surface area contributed by atoms with E-state index in [0.717, 1.165) is 19.3 Å². The molecule has 1 aliphatic heterocycles. The Hall–Kier alpha value is -2.12. The molecule has 0 aromatic carbocycles. The highest BCUT2D eigenvalue weighted by molar-refractivity contribution is 5.88. The second-order valence-corrected chi connectivity index (χ2v) is 5.02. The zero-order valence-corrected chi connectivity index (χ0v) is 11.7. The van der Waals surface area contributed by atoms with Crippen molar-refractivity contribution in [2.24, 2.45) is 0 Å². The monoisotopic (exact) mass is 300 g/mol. The zero-order valence-electron chi connectivity index (χ0n) is 11.7. The SMILES string of the molecule is O=C(O)CCC(NC(=O)CN1CCCCCC1=O)C(=O)O. The van der Waals surface area contributed by atoms with Gasteiger partial charge in [-0.2, -0.15) is 0 Å². The molecule has 1 aliphatic rings. The number of carbonyl (C=O) groups excluding carboxylic acids is 2. The average molecular weight is 300 g/mol. The van der Waals surface area contributed by atoms with Gasteiger partial charge in [0.25, 0.3) is 0 Å². The number of carboxylic acid groups (broad SMARTS) is 2. The van der Waals surface area contributed by atoms with Crippen molar-refractivity contribution in [3.05, 3.63) is 0 Å². The van der Waals surface area contributed by atoms with Crippen molar-refractivity contribution in [3.63, 3.8) is 0 Å². The lowest BCUT2D eigenvalue weighted by Gasteiger charge is -2.21. The summed E-state index contributed by atoms with van der Waals surface area (Å²) in [6.45, 7) is 0.300. The van der Waals surface area contributed by atoms with Gasteiger partial charge < -0.3 is 20.4 Å². The van der Waals surface area contributed by atoms with Gasteiger partial charge >= 0.3 is 11.9 Å². The summed E-state index contributed by atoms with van der Waals surface area (Å²) < 4.78 is 0. The van der Waals surface area contributed by atoms with Crippen LogP contribution in [0, 0.1) is 0 Å². The van der Waals surface area contributed by atoms with Gasteiger partial charge in [-0.1, -0.05) is 6.42 Å². The number of aliphatic carboxylic acids is 2. The maximum absolute atomic E-state index is 11.8. The molecular formula is C13H20N2O6. The molecule has 0 bridgehead atoms. The molecule has 1 atom stereocenters. The highest BCUT2D eigenvalue weighted by atomic mass is 16.4. The molecule has 0 radical (unpaired) electrons. The number of hydrogen-bond donors (Lipinski definition) is 3. The first-order valence-electron chi connectivity index (χ1n) is 6.92. The summed E-state index contributed by atoms with van der Waals surface area (Å²) in [7, 11) is 0. The molecule has 0 spiro atoms. The molecule has 1 heterocycles. The van der Waals surface area contributed by atoms with Gasteiger partial charge in [0.05, 0.1) is 6.54 Å². The van der Waals surface area contributed by atoms with Crippen molar-refractivity contribution in [2.75, 3.05) is 13.1 Å². The number of nitrogens with zero attached hydrogens (tertiary/aromatic N) is 1. The number of likely N-dealkylation sites (tertiary alicyclic amines) is 1. The first-order valence-corrected chi connectivity index (χ1v) is 6.92. The van der Waals surface area contributed by atoms with E-state index in [1.165, 1.54) is 4.90 Å². The number of nitrogens with one attached hydrogen (secondary N) is 1. The Morgan fingerprint density at radius 2 is 1.90 bits per heavy atom. The highest BCUT2D eigenvalue weighted by Crippen LogP contribution is 2.10. The maximum atomic E-state index is 11.8. The van der Waals surface area contributed by atoms with Gasteiger partial charge in [0.2, 0.25) is 11.8 Å². The molecule has 0 aromatic rings. The summed E-state index contributed by atoms with van der Waals surface area (Å²) in [6.07, 6.45) is 2.41. The van der Waals surface area contributed by atoms with Crippen LogP contribution in [0.4, 0.5) is 0 Å². The van der Waals surface area contributed by atoms with Crippen LogP contribution in [-0.4, -0.2) is 58.0 Å². The van der Waals surface area contributed by atoms with Gasteiger partial charge in [-0.05, 0) is 19.3 Å². The average Bonchev–Trinajstić information content (AvgIpc) is 2.59. The molecule has 2 amide bonds. The number of amides is 2. The van der Waals surface area contributed by atoms with Gasteiger partial charge in [0, 0.05) is 19.4 Å². The summed E-state index contributed by atoms with van der Waals surface area (Å²) in [4.78, 5) is 46.4. The molecule has 8 heteroatoms. The van der Waals surface area contributed by atoms with Crippen LogP contribution in [0.1, 0.15) is 38.5 Å². The Labute approximate surface area is 122 Å². The molecular weight excluding hydrogens is 280 g/mol. The molecule has 1 rings (SSSR count). The Balaban J connectivity index is 2.50. The van der Waals surface area contributed by atoms with Crippen molar-refractivity contribution in [2.45, 2.75) is 44.6 Å². The number of hydrogen-bond acceptors (Lipinski definition) is 4. The third-order valence-electron chi connectivity index (χ3n) is 3.29. The van der Waals surface area contributed by atoms with Crippen LogP contribution in [0.2, 0.25) is 0 Å². The Kier molecular flexibility index (Phi) is 6.64. The predicted molar refractivity (Wildman–Crippen MR) is 71.5 cm³/mol. The Morgan fingerprint density at radius 1 is 1.19 bits per heavy atom. The first-order chi connectivity index (χ1) is 9.90. The zero-order chi connectivity index (χ0) is 15.8. The third kappa shape index (κ3) is 6.24. The van der Waals surface area contributed by atoms with Crippen LogP contribution in [0.25, 0.3) is 0 Å². The van der Waals surface area contributed by atoms with Crippen molar-refractivity contribution >= 4 is 23.8 Å². The lowest BCUT2D eigenvalue weighted by Crippen LogP contribution is -2.47. The van der Waals surface area contributed by atoms with E-state index in [1.807, 2.05) is 0 Å². The van der Waals surface area contributed by atoms with Crippen molar-refractivity contribution in [1.29, 1.82) is 0 Å². The van der Waals surface area contributed by atoms with Gasteiger partial charge in [-0.25, -0.2) is 4.79 Å².